The first kappa shape index (κ1) is 13.3. The molecule has 5 nitrogen and oxygen atoms in total. The second-order valence-electron chi connectivity index (χ2n) is 5.01. The molecule has 106 valence electrons. The Morgan fingerprint density at radius 2 is 2.00 bits per heavy atom. The Hall–Kier alpha value is -1.73. The molecule has 3 rings (SSSR count). The third kappa shape index (κ3) is 1.77. The van der Waals surface area contributed by atoms with Gasteiger partial charge in [0.05, 0.1) is 10.8 Å². The van der Waals surface area contributed by atoms with Gasteiger partial charge in [-0.25, -0.2) is 4.39 Å². The zero-order valence-electron chi connectivity index (χ0n) is 10.6. The fourth-order valence-corrected chi connectivity index (χ4v) is 3.45. The fourth-order valence-electron chi connectivity index (χ4n) is 2.81. The predicted molar refractivity (Wildman–Crippen MR) is 71.9 cm³/mol. The van der Waals surface area contributed by atoms with Crippen molar-refractivity contribution in [3.05, 3.63) is 46.0 Å². The van der Waals surface area contributed by atoms with E-state index in [4.69, 9.17) is 0 Å². The SMILES string of the molecule is CC(C1Cn2c(=O)ccc3ccc(F)c1c32)S(=O)(=O)O. The van der Waals surface area contributed by atoms with E-state index in [1.807, 2.05) is 0 Å². The molecule has 7 heteroatoms. The van der Waals surface area contributed by atoms with E-state index in [1.54, 1.807) is 12.1 Å². The highest BCUT2D eigenvalue weighted by Gasteiger charge is 2.37. The monoisotopic (exact) mass is 297 g/mol. The van der Waals surface area contributed by atoms with Crippen LogP contribution in [0.15, 0.2) is 29.1 Å². The van der Waals surface area contributed by atoms with Gasteiger partial charge >= 0.3 is 0 Å². The lowest BCUT2D eigenvalue weighted by Crippen LogP contribution is -2.27. The molecule has 1 N–H and O–H groups in total. The Morgan fingerprint density at radius 3 is 2.65 bits per heavy atom. The largest absolute Gasteiger partial charge is 0.307 e. The Labute approximate surface area is 114 Å². The topological polar surface area (TPSA) is 76.4 Å². The van der Waals surface area contributed by atoms with Crippen LogP contribution in [0.2, 0.25) is 0 Å². The van der Waals surface area contributed by atoms with E-state index >= 15 is 0 Å². The third-order valence-electron chi connectivity index (χ3n) is 3.92. The van der Waals surface area contributed by atoms with Crippen LogP contribution in [0, 0.1) is 5.82 Å². The molecule has 1 aliphatic rings. The van der Waals surface area contributed by atoms with Crippen LogP contribution in [0.25, 0.3) is 10.9 Å². The van der Waals surface area contributed by atoms with E-state index in [0.29, 0.717) is 10.9 Å². The summed E-state index contributed by atoms with van der Waals surface area (Å²) >= 11 is 0. The van der Waals surface area contributed by atoms with E-state index in [1.165, 1.54) is 23.6 Å². The molecule has 2 heterocycles. The molecule has 0 saturated carbocycles. The van der Waals surface area contributed by atoms with Gasteiger partial charge in [0.1, 0.15) is 5.82 Å². The molecule has 1 aromatic heterocycles. The third-order valence-corrected chi connectivity index (χ3v) is 5.19. The fraction of sp³-hybridized carbons (Fsp3) is 0.308. The van der Waals surface area contributed by atoms with Gasteiger partial charge in [-0.3, -0.25) is 9.35 Å². The van der Waals surface area contributed by atoms with Crippen molar-refractivity contribution in [3.8, 4) is 0 Å². The minimum Gasteiger partial charge on any atom is -0.307 e. The van der Waals surface area contributed by atoms with Crippen molar-refractivity contribution in [3.63, 3.8) is 0 Å². The number of nitrogens with zero attached hydrogens (tertiary/aromatic N) is 1. The van der Waals surface area contributed by atoms with Gasteiger partial charge in [0.2, 0.25) is 0 Å². The number of halogens is 1. The number of rotatable bonds is 2. The molecule has 0 spiro atoms. The molecular weight excluding hydrogens is 285 g/mol. The standard InChI is InChI=1S/C13H12FNO4S/c1-7(20(17,18)19)9-6-15-11(16)5-3-8-2-4-10(14)12(9)13(8)15/h2-5,7,9H,6H2,1H3,(H,17,18,19). The van der Waals surface area contributed by atoms with Crippen LogP contribution < -0.4 is 5.56 Å². The molecular formula is C13H12FNO4S. The zero-order chi connectivity index (χ0) is 14.7. The Bertz CT molecular complexity index is 872. The summed E-state index contributed by atoms with van der Waals surface area (Å²) in [7, 11) is -4.31. The number of hydrogen-bond donors (Lipinski definition) is 1. The molecule has 0 amide bonds. The van der Waals surface area contributed by atoms with Crippen LogP contribution in [0.4, 0.5) is 4.39 Å². The van der Waals surface area contributed by atoms with Gasteiger partial charge < -0.3 is 4.57 Å². The lowest BCUT2D eigenvalue weighted by molar-refractivity contribution is 0.447. The number of hydrogen-bond acceptors (Lipinski definition) is 3. The highest BCUT2D eigenvalue weighted by Crippen LogP contribution is 2.38. The lowest BCUT2D eigenvalue weighted by Gasteiger charge is -2.17. The quantitative estimate of drug-likeness (QED) is 0.853. The summed E-state index contributed by atoms with van der Waals surface area (Å²) in [6, 6.07) is 5.74. The van der Waals surface area contributed by atoms with E-state index < -0.39 is 27.1 Å². The van der Waals surface area contributed by atoms with Crippen molar-refractivity contribution < 1.29 is 17.4 Å². The average Bonchev–Trinajstić information content (AvgIpc) is 2.77. The maximum Gasteiger partial charge on any atom is 0.268 e. The molecule has 0 fully saturated rings. The number of aromatic nitrogens is 1. The molecule has 20 heavy (non-hydrogen) atoms. The van der Waals surface area contributed by atoms with Gasteiger partial charge in [-0.1, -0.05) is 0 Å². The van der Waals surface area contributed by atoms with Crippen molar-refractivity contribution in [1.29, 1.82) is 0 Å². The Morgan fingerprint density at radius 1 is 1.35 bits per heavy atom. The van der Waals surface area contributed by atoms with Gasteiger partial charge in [0.25, 0.3) is 15.7 Å². The van der Waals surface area contributed by atoms with Crippen molar-refractivity contribution in [2.75, 3.05) is 0 Å². The average molecular weight is 297 g/mol. The van der Waals surface area contributed by atoms with E-state index in [-0.39, 0.29) is 17.7 Å². The lowest BCUT2D eigenvalue weighted by atomic mass is 9.96. The summed E-state index contributed by atoms with van der Waals surface area (Å²) in [5, 5.41) is -0.507. The van der Waals surface area contributed by atoms with Crippen molar-refractivity contribution in [2.24, 2.45) is 0 Å². The molecule has 2 aromatic rings. The van der Waals surface area contributed by atoms with Gasteiger partial charge in [-0.05, 0) is 30.5 Å². The molecule has 1 aliphatic heterocycles. The molecule has 0 bridgehead atoms. The smallest absolute Gasteiger partial charge is 0.268 e. The van der Waals surface area contributed by atoms with Crippen LogP contribution in [-0.2, 0) is 16.7 Å². The summed E-state index contributed by atoms with van der Waals surface area (Å²) in [6.07, 6.45) is 0. The zero-order valence-corrected chi connectivity index (χ0v) is 11.4. The van der Waals surface area contributed by atoms with E-state index in [2.05, 4.69) is 0 Å². The molecule has 0 radical (unpaired) electrons. The van der Waals surface area contributed by atoms with Crippen molar-refractivity contribution in [2.45, 2.75) is 24.6 Å². The summed E-state index contributed by atoms with van der Waals surface area (Å²) in [4.78, 5) is 11.9. The van der Waals surface area contributed by atoms with Crippen molar-refractivity contribution in [1.82, 2.24) is 4.57 Å². The highest BCUT2D eigenvalue weighted by atomic mass is 32.2. The van der Waals surface area contributed by atoms with Crippen LogP contribution in [-0.4, -0.2) is 22.8 Å². The minimum atomic E-state index is -4.31. The highest BCUT2D eigenvalue weighted by molar-refractivity contribution is 7.86. The van der Waals surface area contributed by atoms with Gasteiger partial charge in [-0.2, -0.15) is 8.42 Å². The summed E-state index contributed by atoms with van der Waals surface area (Å²) < 4.78 is 47.3. The van der Waals surface area contributed by atoms with Gasteiger partial charge in [0, 0.05) is 24.1 Å². The summed E-state index contributed by atoms with van der Waals surface area (Å²) in [5.41, 5.74) is 0.290. The Balaban J connectivity index is 2.33. The van der Waals surface area contributed by atoms with Crippen LogP contribution >= 0.6 is 0 Å². The van der Waals surface area contributed by atoms with Crippen LogP contribution in [0.5, 0.6) is 0 Å². The molecule has 0 saturated heterocycles. The normalized spacial score (nSPS) is 19.4. The molecule has 1 aromatic carbocycles. The summed E-state index contributed by atoms with van der Waals surface area (Å²) in [6.45, 7) is 1.36. The first-order valence-electron chi connectivity index (χ1n) is 6.09. The van der Waals surface area contributed by atoms with Crippen molar-refractivity contribution >= 4 is 21.0 Å². The first-order chi connectivity index (χ1) is 9.30. The number of benzene rings is 1. The molecule has 2 unspecified atom stereocenters. The molecule has 0 aliphatic carbocycles. The van der Waals surface area contributed by atoms with Crippen LogP contribution in [0.1, 0.15) is 18.4 Å². The predicted octanol–water partition coefficient (Wildman–Crippen LogP) is 1.51. The minimum absolute atomic E-state index is 0.0490. The Kier molecular flexibility index (Phi) is 2.74. The van der Waals surface area contributed by atoms with Crippen LogP contribution in [0.3, 0.4) is 0 Å². The maximum absolute atomic E-state index is 14.1. The van der Waals surface area contributed by atoms with E-state index in [9.17, 15) is 22.2 Å². The molecule has 2 atom stereocenters. The first-order valence-corrected chi connectivity index (χ1v) is 7.59. The second kappa shape index (κ2) is 4.13. The summed E-state index contributed by atoms with van der Waals surface area (Å²) in [5.74, 6) is -1.33. The number of pyridine rings is 1. The van der Waals surface area contributed by atoms with E-state index in [0.717, 1.165) is 0 Å². The maximum atomic E-state index is 14.1. The second-order valence-corrected chi connectivity index (χ2v) is 6.78. The van der Waals surface area contributed by atoms with Gasteiger partial charge in [-0.15, -0.1) is 0 Å². The van der Waals surface area contributed by atoms with Gasteiger partial charge in [0.15, 0.2) is 0 Å².